The van der Waals surface area contributed by atoms with Gasteiger partial charge in [0.05, 0.1) is 34.5 Å². The molecule has 2 atom stereocenters. The van der Waals surface area contributed by atoms with Crippen molar-refractivity contribution in [3.8, 4) is 5.75 Å². The van der Waals surface area contributed by atoms with Gasteiger partial charge in [0.1, 0.15) is 5.75 Å². The highest BCUT2D eigenvalue weighted by Crippen LogP contribution is 2.71. The van der Waals surface area contributed by atoms with E-state index in [9.17, 15) is 9.59 Å². The maximum atomic E-state index is 13.5. The normalized spacial score (nSPS) is 26.7. The molecular weight excluding hydrogens is 428 g/mol. The Kier molecular flexibility index (Phi) is 5.53. The molecule has 0 aromatic heterocycles. The summed E-state index contributed by atoms with van der Waals surface area (Å²) in [5.41, 5.74) is 0.321. The number of benzene rings is 2. The first-order valence-corrected chi connectivity index (χ1v) is 11.0. The molecule has 2 unspecified atom stereocenters. The van der Waals surface area contributed by atoms with E-state index in [1.54, 1.807) is 43.5 Å². The van der Waals surface area contributed by atoms with Gasteiger partial charge in [-0.15, -0.1) is 0 Å². The van der Waals surface area contributed by atoms with Gasteiger partial charge in [-0.1, -0.05) is 49.7 Å². The molecule has 0 aliphatic heterocycles. The molecule has 0 heterocycles. The van der Waals surface area contributed by atoms with Crippen LogP contribution in [-0.2, 0) is 9.63 Å². The number of methoxy groups -OCH3 is 1. The van der Waals surface area contributed by atoms with Crippen molar-refractivity contribution < 1.29 is 19.2 Å². The Morgan fingerprint density at radius 1 is 1.03 bits per heavy atom. The lowest BCUT2D eigenvalue weighted by atomic mass is 9.64. The maximum absolute atomic E-state index is 13.5. The minimum absolute atomic E-state index is 0.0778. The SMILES string of the molecule is COc1ccc(C(=O)O/N=C2\CC3(C(=O)Nc4ccccc4Cl)CCC2(C)C3(C)C)cc1. The van der Waals surface area contributed by atoms with Crippen LogP contribution < -0.4 is 10.1 Å². The highest BCUT2D eigenvalue weighted by molar-refractivity contribution is 6.33. The number of ether oxygens (including phenoxy) is 1. The van der Waals surface area contributed by atoms with Gasteiger partial charge in [0, 0.05) is 11.8 Å². The summed E-state index contributed by atoms with van der Waals surface area (Å²) in [6.45, 7) is 6.30. The van der Waals surface area contributed by atoms with Crippen LogP contribution in [0.2, 0.25) is 5.02 Å². The fourth-order valence-electron chi connectivity index (χ4n) is 5.20. The molecule has 2 fully saturated rings. The summed E-state index contributed by atoms with van der Waals surface area (Å²) in [6.07, 6.45) is 1.95. The average Bonchev–Trinajstić information content (AvgIpc) is 3.09. The molecule has 0 radical (unpaired) electrons. The summed E-state index contributed by atoms with van der Waals surface area (Å²) in [5, 5.41) is 7.79. The summed E-state index contributed by atoms with van der Waals surface area (Å²) in [4.78, 5) is 31.3. The number of nitrogens with one attached hydrogen (secondary N) is 1. The molecule has 2 aliphatic rings. The van der Waals surface area contributed by atoms with Crippen molar-refractivity contribution in [2.24, 2.45) is 21.4 Å². The predicted octanol–water partition coefficient (Wildman–Crippen LogP) is 5.72. The number of hydrogen-bond donors (Lipinski definition) is 1. The zero-order valence-electron chi connectivity index (χ0n) is 18.7. The van der Waals surface area contributed by atoms with Crippen LogP contribution in [0.4, 0.5) is 5.69 Å². The molecular formula is C25H27ClN2O4. The molecule has 1 N–H and O–H groups in total. The van der Waals surface area contributed by atoms with Gasteiger partial charge in [-0.25, -0.2) is 4.79 Å². The number of oxime groups is 1. The van der Waals surface area contributed by atoms with Gasteiger partial charge in [0.25, 0.3) is 0 Å². The first kappa shape index (κ1) is 22.3. The van der Waals surface area contributed by atoms with E-state index in [1.165, 1.54) is 0 Å². The van der Waals surface area contributed by atoms with Gasteiger partial charge in [0.15, 0.2) is 0 Å². The fourth-order valence-corrected chi connectivity index (χ4v) is 5.39. The van der Waals surface area contributed by atoms with Crippen LogP contribution in [0.3, 0.4) is 0 Å². The molecule has 168 valence electrons. The molecule has 6 nitrogen and oxygen atoms in total. The van der Waals surface area contributed by atoms with Gasteiger partial charge in [-0.2, -0.15) is 0 Å². The quantitative estimate of drug-likeness (QED) is 0.463. The van der Waals surface area contributed by atoms with Crippen molar-refractivity contribution in [1.82, 2.24) is 0 Å². The molecule has 4 rings (SSSR count). The lowest BCUT2D eigenvalue weighted by Crippen LogP contribution is -2.43. The summed E-state index contributed by atoms with van der Waals surface area (Å²) in [6, 6.07) is 13.9. The molecule has 2 saturated carbocycles. The predicted molar refractivity (Wildman–Crippen MR) is 124 cm³/mol. The van der Waals surface area contributed by atoms with E-state index in [2.05, 4.69) is 31.2 Å². The lowest BCUT2D eigenvalue weighted by molar-refractivity contribution is -0.130. The van der Waals surface area contributed by atoms with Gasteiger partial charge in [-0.3, -0.25) is 4.79 Å². The Morgan fingerprint density at radius 3 is 2.38 bits per heavy atom. The van der Waals surface area contributed by atoms with Crippen molar-refractivity contribution in [2.45, 2.75) is 40.0 Å². The van der Waals surface area contributed by atoms with E-state index >= 15 is 0 Å². The Balaban J connectivity index is 1.57. The number of nitrogens with zero attached hydrogens (tertiary/aromatic N) is 1. The number of para-hydroxylation sites is 1. The largest absolute Gasteiger partial charge is 0.497 e. The molecule has 0 spiro atoms. The number of carbonyl (C=O) groups excluding carboxylic acids is 2. The van der Waals surface area contributed by atoms with Crippen LogP contribution in [0, 0.1) is 16.2 Å². The van der Waals surface area contributed by atoms with E-state index in [0.29, 0.717) is 28.4 Å². The molecule has 32 heavy (non-hydrogen) atoms. The van der Waals surface area contributed by atoms with Crippen molar-refractivity contribution in [1.29, 1.82) is 0 Å². The third kappa shape index (κ3) is 3.28. The standard InChI is InChI=1S/C25H27ClN2O4/c1-23(2)24(3)13-14-25(23,22(30)27-19-8-6-5-7-18(19)26)15-20(24)28-32-21(29)16-9-11-17(31-4)12-10-16/h5-12H,13-15H2,1-4H3,(H,27,30)/b28-20+. The molecule has 2 aromatic carbocycles. The van der Waals surface area contributed by atoms with Crippen LogP contribution in [-0.4, -0.2) is 24.7 Å². The van der Waals surface area contributed by atoms with Crippen molar-refractivity contribution >= 4 is 34.9 Å². The fraction of sp³-hybridized carbons (Fsp3) is 0.400. The van der Waals surface area contributed by atoms with E-state index in [0.717, 1.165) is 18.6 Å². The van der Waals surface area contributed by atoms with Crippen LogP contribution >= 0.6 is 11.6 Å². The van der Waals surface area contributed by atoms with E-state index in [4.69, 9.17) is 21.2 Å². The van der Waals surface area contributed by atoms with E-state index in [1.807, 2.05) is 12.1 Å². The minimum atomic E-state index is -0.660. The van der Waals surface area contributed by atoms with E-state index in [-0.39, 0.29) is 16.7 Å². The summed E-state index contributed by atoms with van der Waals surface area (Å²) in [5.74, 6) is 0.0339. The zero-order chi connectivity index (χ0) is 23.1. The third-order valence-electron chi connectivity index (χ3n) is 7.85. The number of amides is 1. The van der Waals surface area contributed by atoms with Crippen molar-refractivity contribution in [2.75, 3.05) is 12.4 Å². The topological polar surface area (TPSA) is 77.0 Å². The molecule has 0 saturated heterocycles. The number of fused-ring (bicyclic) bond motifs is 2. The first-order chi connectivity index (χ1) is 15.1. The molecule has 2 aromatic rings. The molecule has 1 amide bonds. The maximum Gasteiger partial charge on any atom is 0.365 e. The lowest BCUT2D eigenvalue weighted by Gasteiger charge is -2.39. The Bertz CT molecular complexity index is 1100. The van der Waals surface area contributed by atoms with E-state index < -0.39 is 11.4 Å². The van der Waals surface area contributed by atoms with Gasteiger partial charge < -0.3 is 14.9 Å². The highest BCUT2D eigenvalue weighted by Gasteiger charge is 2.71. The minimum Gasteiger partial charge on any atom is -0.497 e. The number of anilines is 1. The Morgan fingerprint density at radius 2 is 1.72 bits per heavy atom. The number of carbonyl (C=O) groups is 2. The summed E-state index contributed by atoms with van der Waals surface area (Å²) < 4.78 is 5.12. The van der Waals surface area contributed by atoms with Crippen LogP contribution in [0.15, 0.2) is 53.7 Å². The molecule has 2 bridgehead atoms. The second-order valence-electron chi connectivity index (χ2n) is 9.30. The Labute approximate surface area is 192 Å². The van der Waals surface area contributed by atoms with Crippen molar-refractivity contribution in [3.63, 3.8) is 0 Å². The number of hydrogen-bond acceptors (Lipinski definition) is 5. The average molecular weight is 455 g/mol. The first-order valence-electron chi connectivity index (χ1n) is 10.6. The number of rotatable bonds is 5. The summed E-state index contributed by atoms with van der Waals surface area (Å²) in [7, 11) is 1.56. The van der Waals surface area contributed by atoms with Crippen LogP contribution in [0.25, 0.3) is 0 Å². The van der Waals surface area contributed by atoms with Crippen LogP contribution in [0.1, 0.15) is 50.4 Å². The second-order valence-corrected chi connectivity index (χ2v) is 9.70. The smallest absolute Gasteiger partial charge is 0.365 e. The third-order valence-corrected chi connectivity index (χ3v) is 8.18. The summed E-state index contributed by atoms with van der Waals surface area (Å²) >= 11 is 6.26. The second kappa shape index (κ2) is 7.93. The zero-order valence-corrected chi connectivity index (χ0v) is 19.5. The number of halogens is 1. The molecule has 7 heteroatoms. The van der Waals surface area contributed by atoms with Gasteiger partial charge in [0.2, 0.25) is 5.91 Å². The van der Waals surface area contributed by atoms with Gasteiger partial charge in [-0.05, 0) is 54.7 Å². The highest BCUT2D eigenvalue weighted by atomic mass is 35.5. The Hall–Kier alpha value is -2.86. The molecule has 2 aliphatic carbocycles. The van der Waals surface area contributed by atoms with Crippen molar-refractivity contribution in [3.05, 3.63) is 59.1 Å². The van der Waals surface area contributed by atoms with Gasteiger partial charge >= 0.3 is 5.97 Å². The monoisotopic (exact) mass is 454 g/mol. The van der Waals surface area contributed by atoms with Crippen LogP contribution in [0.5, 0.6) is 5.75 Å².